The lowest BCUT2D eigenvalue weighted by Gasteiger charge is -2.28. The Morgan fingerprint density at radius 3 is 2.70 bits per heavy atom. The second kappa shape index (κ2) is 8.05. The van der Waals surface area contributed by atoms with Gasteiger partial charge >= 0.3 is 0 Å². The zero-order valence-electron chi connectivity index (χ0n) is 14.8. The van der Waals surface area contributed by atoms with E-state index in [1.807, 2.05) is 24.3 Å². The summed E-state index contributed by atoms with van der Waals surface area (Å²) in [5.41, 5.74) is 1.89. The molecule has 4 rings (SSSR count). The third-order valence-electron chi connectivity index (χ3n) is 4.30. The Labute approximate surface area is 156 Å². The third kappa shape index (κ3) is 4.35. The first-order valence-electron chi connectivity index (χ1n) is 8.87. The first kappa shape index (κ1) is 17.3. The third-order valence-corrected chi connectivity index (χ3v) is 4.30. The maximum absolute atomic E-state index is 12.2. The Morgan fingerprint density at radius 1 is 1.15 bits per heavy atom. The Bertz CT molecular complexity index is 868. The quantitative estimate of drug-likeness (QED) is 0.715. The Morgan fingerprint density at radius 2 is 1.96 bits per heavy atom. The topological polar surface area (TPSA) is 93.6 Å². The van der Waals surface area contributed by atoms with Crippen molar-refractivity contribution < 1.29 is 18.5 Å². The molecular formula is C19H20N4O4. The van der Waals surface area contributed by atoms with Crippen LogP contribution < -0.4 is 10.2 Å². The molecule has 0 radical (unpaired) electrons. The van der Waals surface area contributed by atoms with Crippen LogP contribution in [-0.4, -0.2) is 42.4 Å². The van der Waals surface area contributed by atoms with Gasteiger partial charge in [0.2, 0.25) is 17.6 Å². The second-order valence-electron chi connectivity index (χ2n) is 6.18. The zero-order chi connectivity index (χ0) is 18.5. The van der Waals surface area contributed by atoms with Crippen LogP contribution in [0, 0.1) is 0 Å². The normalized spacial score (nSPS) is 14.3. The molecule has 0 unspecified atom stereocenters. The van der Waals surface area contributed by atoms with Crippen LogP contribution >= 0.6 is 0 Å². The highest BCUT2D eigenvalue weighted by atomic mass is 16.5. The first-order chi connectivity index (χ1) is 13.3. The first-order valence-corrected chi connectivity index (χ1v) is 8.87. The molecule has 1 saturated heterocycles. The van der Waals surface area contributed by atoms with Crippen molar-refractivity contribution in [2.45, 2.75) is 12.8 Å². The molecule has 1 fully saturated rings. The molecule has 1 amide bonds. The van der Waals surface area contributed by atoms with Gasteiger partial charge in [0, 0.05) is 37.3 Å². The molecule has 27 heavy (non-hydrogen) atoms. The van der Waals surface area contributed by atoms with Crippen molar-refractivity contribution in [2.75, 3.05) is 36.5 Å². The maximum Gasteiger partial charge on any atom is 0.238 e. The van der Waals surface area contributed by atoms with Gasteiger partial charge in [0.1, 0.15) is 0 Å². The van der Waals surface area contributed by atoms with E-state index in [0.717, 1.165) is 37.7 Å². The molecule has 0 saturated carbocycles. The van der Waals surface area contributed by atoms with Gasteiger partial charge in [-0.05, 0) is 36.4 Å². The van der Waals surface area contributed by atoms with Gasteiger partial charge in [-0.3, -0.25) is 4.79 Å². The van der Waals surface area contributed by atoms with Crippen LogP contribution in [0.4, 0.5) is 11.4 Å². The average molecular weight is 368 g/mol. The number of hydrogen-bond acceptors (Lipinski definition) is 7. The van der Waals surface area contributed by atoms with Crippen LogP contribution in [0.15, 0.2) is 51.6 Å². The minimum Gasteiger partial charge on any atom is -0.461 e. The molecule has 8 heteroatoms. The van der Waals surface area contributed by atoms with Crippen molar-refractivity contribution in [1.29, 1.82) is 0 Å². The molecule has 140 valence electrons. The fourth-order valence-corrected chi connectivity index (χ4v) is 2.88. The van der Waals surface area contributed by atoms with Crippen LogP contribution in [-0.2, 0) is 16.0 Å². The SMILES string of the molecule is O=C(CCc1nc(-c2ccco2)no1)Nc1ccc(N2CCOCC2)cc1. The molecular weight excluding hydrogens is 348 g/mol. The van der Waals surface area contributed by atoms with Crippen molar-refractivity contribution in [3.8, 4) is 11.6 Å². The molecule has 3 aromatic rings. The predicted octanol–water partition coefficient (Wildman–Crippen LogP) is 2.74. The van der Waals surface area contributed by atoms with Crippen LogP contribution in [0.3, 0.4) is 0 Å². The molecule has 1 aromatic carbocycles. The monoisotopic (exact) mass is 368 g/mol. The number of aryl methyl sites for hydroxylation is 1. The standard InChI is InChI=1S/C19H20N4O4/c24-17(7-8-18-21-19(22-27-18)16-2-1-11-26-16)20-14-3-5-15(6-4-14)23-9-12-25-13-10-23/h1-6,11H,7-10,12-13H2,(H,20,24). The highest BCUT2D eigenvalue weighted by Crippen LogP contribution is 2.20. The average Bonchev–Trinajstić information content (AvgIpc) is 3.39. The van der Waals surface area contributed by atoms with Gasteiger partial charge in [0.25, 0.3) is 0 Å². The smallest absolute Gasteiger partial charge is 0.238 e. The predicted molar refractivity (Wildman–Crippen MR) is 98.4 cm³/mol. The summed E-state index contributed by atoms with van der Waals surface area (Å²) < 4.78 is 15.7. The molecule has 2 aromatic heterocycles. The maximum atomic E-state index is 12.2. The van der Waals surface area contributed by atoms with Crippen LogP contribution in [0.2, 0.25) is 0 Å². The van der Waals surface area contributed by atoms with Crippen LogP contribution in [0.1, 0.15) is 12.3 Å². The summed E-state index contributed by atoms with van der Waals surface area (Å²) in [5.74, 6) is 1.22. The molecule has 0 aliphatic carbocycles. The molecule has 0 atom stereocenters. The number of carbonyl (C=O) groups excluding carboxylic acids is 1. The van der Waals surface area contributed by atoms with Crippen LogP contribution in [0.5, 0.6) is 0 Å². The van der Waals surface area contributed by atoms with E-state index in [1.54, 1.807) is 18.4 Å². The van der Waals surface area contributed by atoms with Gasteiger partial charge in [0.15, 0.2) is 5.76 Å². The number of rotatable bonds is 6. The molecule has 0 bridgehead atoms. The molecule has 8 nitrogen and oxygen atoms in total. The van der Waals surface area contributed by atoms with Crippen molar-refractivity contribution in [1.82, 2.24) is 10.1 Å². The fourth-order valence-electron chi connectivity index (χ4n) is 2.88. The summed E-state index contributed by atoms with van der Waals surface area (Å²) in [6.07, 6.45) is 2.17. The number of morpholine rings is 1. The van der Waals surface area contributed by atoms with Crippen LogP contribution in [0.25, 0.3) is 11.6 Å². The lowest BCUT2D eigenvalue weighted by atomic mass is 10.2. The number of anilines is 2. The number of hydrogen-bond donors (Lipinski definition) is 1. The summed E-state index contributed by atoms with van der Waals surface area (Å²) in [5, 5.41) is 6.74. The molecule has 3 heterocycles. The summed E-state index contributed by atoms with van der Waals surface area (Å²) in [6.45, 7) is 3.26. The molecule has 0 spiro atoms. The van der Waals surface area contributed by atoms with Crippen molar-refractivity contribution in [3.05, 3.63) is 48.6 Å². The van der Waals surface area contributed by atoms with E-state index in [2.05, 4.69) is 20.4 Å². The molecule has 1 N–H and O–H groups in total. The van der Waals surface area contributed by atoms with E-state index in [9.17, 15) is 4.79 Å². The van der Waals surface area contributed by atoms with Gasteiger partial charge < -0.3 is 23.9 Å². The highest BCUT2D eigenvalue weighted by molar-refractivity contribution is 5.90. The number of amides is 1. The van der Waals surface area contributed by atoms with E-state index >= 15 is 0 Å². The number of nitrogens with one attached hydrogen (secondary N) is 1. The lowest BCUT2D eigenvalue weighted by molar-refractivity contribution is -0.116. The van der Waals surface area contributed by atoms with E-state index in [-0.39, 0.29) is 12.3 Å². The lowest BCUT2D eigenvalue weighted by Crippen LogP contribution is -2.36. The zero-order valence-corrected chi connectivity index (χ0v) is 14.8. The largest absolute Gasteiger partial charge is 0.461 e. The molecule has 1 aliphatic rings. The minimum atomic E-state index is -0.105. The van der Waals surface area contributed by atoms with Gasteiger partial charge in [-0.2, -0.15) is 4.98 Å². The number of aromatic nitrogens is 2. The molecule has 1 aliphatic heterocycles. The van der Waals surface area contributed by atoms with Gasteiger partial charge in [-0.1, -0.05) is 5.16 Å². The van der Waals surface area contributed by atoms with Gasteiger partial charge in [0.05, 0.1) is 19.5 Å². The van der Waals surface area contributed by atoms with E-state index in [0.29, 0.717) is 23.9 Å². The summed E-state index contributed by atoms with van der Waals surface area (Å²) in [7, 11) is 0. The van der Waals surface area contributed by atoms with Gasteiger partial charge in [-0.15, -0.1) is 0 Å². The Balaban J connectivity index is 1.28. The van der Waals surface area contributed by atoms with E-state index in [1.165, 1.54) is 0 Å². The van der Waals surface area contributed by atoms with Gasteiger partial charge in [-0.25, -0.2) is 0 Å². The number of ether oxygens (including phenoxy) is 1. The second-order valence-corrected chi connectivity index (χ2v) is 6.18. The fraction of sp³-hybridized carbons (Fsp3) is 0.316. The summed E-state index contributed by atoms with van der Waals surface area (Å²) in [6, 6.07) is 11.3. The number of carbonyl (C=O) groups is 1. The number of nitrogens with zero attached hydrogens (tertiary/aromatic N) is 3. The Hall–Kier alpha value is -3.13. The summed E-state index contributed by atoms with van der Waals surface area (Å²) in [4.78, 5) is 18.7. The Kier molecular flexibility index (Phi) is 5.15. The highest BCUT2D eigenvalue weighted by Gasteiger charge is 2.13. The van der Waals surface area contributed by atoms with E-state index < -0.39 is 0 Å². The number of furan rings is 1. The van der Waals surface area contributed by atoms with E-state index in [4.69, 9.17) is 13.7 Å². The van der Waals surface area contributed by atoms with Crippen molar-refractivity contribution >= 4 is 17.3 Å². The minimum absolute atomic E-state index is 0.105. The summed E-state index contributed by atoms with van der Waals surface area (Å²) >= 11 is 0. The number of benzene rings is 1. The van der Waals surface area contributed by atoms with Crippen molar-refractivity contribution in [2.24, 2.45) is 0 Å². The van der Waals surface area contributed by atoms with Crippen molar-refractivity contribution in [3.63, 3.8) is 0 Å².